The van der Waals surface area contributed by atoms with E-state index in [0.717, 1.165) is 0 Å². The Balaban J connectivity index is 3.10. The Kier molecular flexibility index (Phi) is 4.04. The maximum absolute atomic E-state index is 13.0. The van der Waals surface area contributed by atoms with Gasteiger partial charge in [0.1, 0.15) is 5.82 Å². The van der Waals surface area contributed by atoms with E-state index in [1.54, 1.807) is 12.1 Å². The van der Waals surface area contributed by atoms with Crippen LogP contribution in [0.5, 0.6) is 0 Å². The van der Waals surface area contributed by atoms with Gasteiger partial charge in [-0.15, -0.1) is 0 Å². The number of methoxy groups -OCH3 is 2. The fraction of sp³-hybridized carbons (Fsp3) is 0.400. The number of halogens is 2. The second-order valence-corrected chi connectivity index (χ2v) is 3.37. The Morgan fingerprint density at radius 1 is 1.36 bits per heavy atom. The largest absolute Gasteiger partial charge is 0.349 e. The lowest BCUT2D eigenvalue weighted by Gasteiger charge is -2.29. The molecule has 4 heteroatoms. The molecule has 0 aliphatic carbocycles. The minimum Gasteiger partial charge on any atom is -0.349 e. The van der Waals surface area contributed by atoms with Crippen LogP contribution in [0.2, 0.25) is 0 Å². The molecule has 0 spiro atoms. The van der Waals surface area contributed by atoms with Crippen LogP contribution < -0.4 is 0 Å². The molecule has 0 N–H and O–H groups in total. The summed E-state index contributed by atoms with van der Waals surface area (Å²) < 4.78 is 23.5. The number of rotatable bonds is 4. The molecule has 0 saturated heterocycles. The van der Waals surface area contributed by atoms with Crippen molar-refractivity contribution in [3.8, 4) is 0 Å². The van der Waals surface area contributed by atoms with Crippen molar-refractivity contribution in [3.63, 3.8) is 0 Å². The second kappa shape index (κ2) is 4.87. The van der Waals surface area contributed by atoms with Crippen LogP contribution in [0.25, 0.3) is 0 Å². The lowest BCUT2D eigenvalue weighted by atomic mass is 10.1. The molecule has 14 heavy (non-hydrogen) atoms. The highest BCUT2D eigenvalue weighted by atomic mass is 79.9. The van der Waals surface area contributed by atoms with Gasteiger partial charge in [-0.05, 0) is 12.1 Å². The van der Waals surface area contributed by atoms with Crippen molar-refractivity contribution in [3.05, 3.63) is 35.6 Å². The van der Waals surface area contributed by atoms with Gasteiger partial charge in [-0.2, -0.15) is 0 Å². The first-order valence-electron chi connectivity index (χ1n) is 4.11. The minimum absolute atomic E-state index is 0.304. The summed E-state index contributed by atoms with van der Waals surface area (Å²) in [5, 5.41) is 0.441. The first-order chi connectivity index (χ1) is 6.68. The SMILES string of the molecule is COC(CBr)(OC)c1cccc(F)c1. The fourth-order valence-corrected chi connectivity index (χ4v) is 2.01. The third-order valence-corrected chi connectivity index (χ3v) is 2.84. The quantitative estimate of drug-likeness (QED) is 0.614. The third kappa shape index (κ3) is 2.13. The van der Waals surface area contributed by atoms with Crippen molar-refractivity contribution in [2.75, 3.05) is 19.5 Å². The van der Waals surface area contributed by atoms with Gasteiger partial charge in [0.2, 0.25) is 5.79 Å². The molecule has 0 saturated carbocycles. The van der Waals surface area contributed by atoms with Crippen molar-refractivity contribution in [2.45, 2.75) is 5.79 Å². The summed E-state index contributed by atoms with van der Waals surface area (Å²) in [6.45, 7) is 0. The average Bonchev–Trinajstić information content (AvgIpc) is 2.22. The van der Waals surface area contributed by atoms with E-state index in [2.05, 4.69) is 15.9 Å². The van der Waals surface area contributed by atoms with E-state index in [1.165, 1.54) is 26.4 Å². The van der Waals surface area contributed by atoms with E-state index in [-0.39, 0.29) is 5.82 Å². The summed E-state index contributed by atoms with van der Waals surface area (Å²) in [5.41, 5.74) is 0.652. The number of ether oxygens (including phenoxy) is 2. The van der Waals surface area contributed by atoms with Crippen LogP contribution in [0, 0.1) is 5.82 Å². The Morgan fingerprint density at radius 2 is 2.00 bits per heavy atom. The van der Waals surface area contributed by atoms with E-state index < -0.39 is 5.79 Å². The topological polar surface area (TPSA) is 18.5 Å². The molecule has 0 radical (unpaired) electrons. The Bertz CT molecular complexity index is 292. The van der Waals surface area contributed by atoms with Crippen LogP contribution >= 0.6 is 15.9 Å². The van der Waals surface area contributed by atoms with Gasteiger partial charge in [0.15, 0.2) is 0 Å². The molecule has 0 amide bonds. The van der Waals surface area contributed by atoms with Gasteiger partial charge in [0.25, 0.3) is 0 Å². The number of benzene rings is 1. The van der Waals surface area contributed by atoms with Crippen molar-refractivity contribution in [1.82, 2.24) is 0 Å². The molecule has 1 aromatic rings. The normalized spacial score (nSPS) is 11.7. The molecule has 1 rings (SSSR count). The second-order valence-electron chi connectivity index (χ2n) is 2.81. The molecule has 0 fully saturated rings. The number of alkyl halides is 1. The van der Waals surface area contributed by atoms with Crippen LogP contribution in [-0.2, 0) is 15.3 Å². The number of hydrogen-bond acceptors (Lipinski definition) is 2. The van der Waals surface area contributed by atoms with Gasteiger partial charge in [0.05, 0.1) is 5.33 Å². The summed E-state index contributed by atoms with van der Waals surface area (Å²) in [6.07, 6.45) is 0. The average molecular weight is 263 g/mol. The van der Waals surface area contributed by atoms with Crippen LogP contribution in [-0.4, -0.2) is 19.5 Å². The molecule has 0 aromatic heterocycles. The van der Waals surface area contributed by atoms with Crippen LogP contribution in [0.4, 0.5) is 4.39 Å². The van der Waals surface area contributed by atoms with E-state index in [0.29, 0.717) is 10.9 Å². The zero-order valence-electron chi connectivity index (χ0n) is 8.09. The lowest BCUT2D eigenvalue weighted by Crippen LogP contribution is -2.32. The standard InChI is InChI=1S/C10H12BrFO2/c1-13-10(7-11,14-2)8-4-3-5-9(12)6-8/h3-6H,7H2,1-2H3. The van der Waals surface area contributed by atoms with Gasteiger partial charge in [-0.3, -0.25) is 0 Å². The van der Waals surface area contributed by atoms with Crippen molar-refractivity contribution >= 4 is 15.9 Å². The molecular weight excluding hydrogens is 251 g/mol. The predicted molar refractivity (Wildman–Crippen MR) is 55.9 cm³/mol. The summed E-state index contributed by atoms with van der Waals surface area (Å²) in [7, 11) is 3.05. The molecule has 0 aliphatic heterocycles. The summed E-state index contributed by atoms with van der Waals surface area (Å²) in [6, 6.07) is 6.17. The molecule has 0 unspecified atom stereocenters. The zero-order valence-corrected chi connectivity index (χ0v) is 9.67. The summed E-state index contributed by atoms with van der Waals surface area (Å²) in [5.74, 6) is -1.22. The van der Waals surface area contributed by atoms with Crippen molar-refractivity contribution in [1.29, 1.82) is 0 Å². The van der Waals surface area contributed by atoms with Crippen molar-refractivity contribution < 1.29 is 13.9 Å². The zero-order chi connectivity index (χ0) is 10.6. The summed E-state index contributed by atoms with van der Waals surface area (Å²) in [4.78, 5) is 0. The highest BCUT2D eigenvalue weighted by Crippen LogP contribution is 2.28. The van der Waals surface area contributed by atoms with Crippen LogP contribution in [0.3, 0.4) is 0 Å². The first kappa shape index (κ1) is 11.6. The van der Waals surface area contributed by atoms with Crippen molar-refractivity contribution in [2.24, 2.45) is 0 Å². The Morgan fingerprint density at radius 3 is 2.43 bits per heavy atom. The van der Waals surface area contributed by atoms with Gasteiger partial charge < -0.3 is 9.47 Å². The van der Waals surface area contributed by atoms with E-state index in [9.17, 15) is 4.39 Å². The molecule has 1 aromatic carbocycles. The van der Waals surface area contributed by atoms with Gasteiger partial charge in [-0.25, -0.2) is 4.39 Å². The van der Waals surface area contributed by atoms with Crippen LogP contribution in [0.1, 0.15) is 5.56 Å². The van der Waals surface area contributed by atoms with E-state index in [4.69, 9.17) is 9.47 Å². The van der Waals surface area contributed by atoms with Crippen LogP contribution in [0.15, 0.2) is 24.3 Å². The maximum atomic E-state index is 13.0. The molecular formula is C10H12BrFO2. The number of hydrogen-bond donors (Lipinski definition) is 0. The smallest absolute Gasteiger partial charge is 0.204 e. The maximum Gasteiger partial charge on any atom is 0.204 e. The molecule has 0 bridgehead atoms. The molecule has 0 atom stereocenters. The monoisotopic (exact) mass is 262 g/mol. The molecule has 0 heterocycles. The lowest BCUT2D eigenvalue weighted by molar-refractivity contribution is -0.197. The van der Waals surface area contributed by atoms with Gasteiger partial charge in [0, 0.05) is 19.8 Å². The highest BCUT2D eigenvalue weighted by Gasteiger charge is 2.30. The Hall–Kier alpha value is -0.450. The fourth-order valence-electron chi connectivity index (χ4n) is 1.23. The molecule has 2 nitrogen and oxygen atoms in total. The summed E-state index contributed by atoms with van der Waals surface area (Å²) >= 11 is 3.28. The van der Waals surface area contributed by atoms with E-state index in [1.807, 2.05) is 0 Å². The third-order valence-electron chi connectivity index (χ3n) is 2.10. The predicted octanol–water partition coefficient (Wildman–Crippen LogP) is 2.67. The minimum atomic E-state index is -0.915. The Labute approximate surface area is 91.2 Å². The van der Waals surface area contributed by atoms with E-state index >= 15 is 0 Å². The molecule has 0 aliphatic rings. The van der Waals surface area contributed by atoms with Gasteiger partial charge in [-0.1, -0.05) is 28.1 Å². The molecule has 78 valence electrons. The first-order valence-corrected chi connectivity index (χ1v) is 5.23. The van der Waals surface area contributed by atoms with Gasteiger partial charge >= 0.3 is 0 Å². The highest BCUT2D eigenvalue weighted by molar-refractivity contribution is 9.09.